The van der Waals surface area contributed by atoms with Crippen molar-refractivity contribution in [1.29, 1.82) is 0 Å². The Labute approximate surface area is 212 Å². The van der Waals surface area contributed by atoms with Crippen LogP contribution in [0.3, 0.4) is 0 Å². The summed E-state index contributed by atoms with van der Waals surface area (Å²) in [5.41, 5.74) is 6.37. The summed E-state index contributed by atoms with van der Waals surface area (Å²) < 4.78 is 12.4. The first-order valence-electron chi connectivity index (χ1n) is 9.98. The molecular formula is C23H21I2NO6. The number of rotatable bonds is 9. The highest BCUT2D eigenvalue weighted by Crippen LogP contribution is 2.34. The average molecular weight is 661 g/mol. The number of fused-ring (bicyclic) bond motifs is 1. The van der Waals surface area contributed by atoms with Crippen LogP contribution in [0.4, 0.5) is 0 Å². The summed E-state index contributed by atoms with van der Waals surface area (Å²) in [6.45, 7) is 1.99. The lowest BCUT2D eigenvalue weighted by Gasteiger charge is -2.07. The number of halogens is 2. The minimum atomic E-state index is -0.511. The van der Waals surface area contributed by atoms with Gasteiger partial charge in [0.25, 0.3) is 0 Å². The first-order chi connectivity index (χ1) is 15.2. The Kier molecular flexibility index (Phi) is 8.15. The lowest BCUT2D eigenvalue weighted by atomic mass is 9.98. The van der Waals surface area contributed by atoms with E-state index in [0.717, 1.165) is 12.8 Å². The van der Waals surface area contributed by atoms with Crippen LogP contribution < -0.4 is 10.5 Å². The molecule has 0 saturated carbocycles. The van der Waals surface area contributed by atoms with Gasteiger partial charge in [0.15, 0.2) is 5.78 Å². The lowest BCUT2D eigenvalue weighted by molar-refractivity contribution is -0.134. The molecule has 0 spiro atoms. The van der Waals surface area contributed by atoms with E-state index in [9.17, 15) is 19.5 Å². The molecule has 0 saturated heterocycles. The number of aromatic hydroxyl groups is 1. The summed E-state index contributed by atoms with van der Waals surface area (Å²) in [6, 6.07) is 8.04. The highest BCUT2D eigenvalue weighted by molar-refractivity contribution is 14.1. The van der Waals surface area contributed by atoms with Crippen LogP contribution in [-0.4, -0.2) is 22.8 Å². The Balaban J connectivity index is 2.04. The van der Waals surface area contributed by atoms with Gasteiger partial charge in [0.05, 0.1) is 12.7 Å². The van der Waals surface area contributed by atoms with E-state index in [0.29, 0.717) is 47.2 Å². The fourth-order valence-corrected chi connectivity index (χ4v) is 4.97. The minimum Gasteiger partial charge on any atom is -0.506 e. The summed E-state index contributed by atoms with van der Waals surface area (Å²) >= 11 is 3.93. The van der Waals surface area contributed by atoms with E-state index >= 15 is 0 Å². The third-order valence-corrected chi connectivity index (χ3v) is 6.45. The number of hydrogen-bond donors (Lipinski definition) is 2. The molecule has 3 aromatic rings. The number of aryl methyl sites for hydroxylation is 1. The van der Waals surface area contributed by atoms with Crippen LogP contribution in [0.15, 0.2) is 34.7 Å². The molecule has 1 aromatic heterocycles. The monoisotopic (exact) mass is 661 g/mol. The van der Waals surface area contributed by atoms with Crippen molar-refractivity contribution in [1.82, 2.24) is 0 Å². The molecule has 7 nitrogen and oxygen atoms in total. The smallest absolute Gasteiger partial charge is 0.311 e. The van der Waals surface area contributed by atoms with Gasteiger partial charge in [-0.3, -0.25) is 14.4 Å². The van der Waals surface area contributed by atoms with E-state index in [1.807, 2.05) is 52.1 Å². The number of phenolic OH excluding ortho intramolecular Hbond substituents is 1. The maximum absolute atomic E-state index is 13.4. The molecule has 0 bridgehead atoms. The van der Waals surface area contributed by atoms with E-state index in [1.165, 1.54) is 0 Å². The summed E-state index contributed by atoms with van der Waals surface area (Å²) in [5, 5.41) is 10.6. The molecule has 0 aliphatic heterocycles. The van der Waals surface area contributed by atoms with E-state index in [2.05, 4.69) is 0 Å². The zero-order chi connectivity index (χ0) is 23.4. The van der Waals surface area contributed by atoms with Crippen LogP contribution >= 0.6 is 45.2 Å². The number of amides is 1. The van der Waals surface area contributed by atoms with Crippen LogP contribution in [0.2, 0.25) is 0 Å². The zero-order valence-electron chi connectivity index (χ0n) is 17.2. The van der Waals surface area contributed by atoms with Gasteiger partial charge in [-0.2, -0.15) is 0 Å². The Morgan fingerprint density at radius 2 is 1.78 bits per heavy atom. The Hall–Kier alpha value is -2.15. The fourth-order valence-electron chi connectivity index (χ4n) is 3.20. The van der Waals surface area contributed by atoms with Crippen molar-refractivity contribution in [3.05, 3.63) is 54.4 Å². The van der Waals surface area contributed by atoms with E-state index < -0.39 is 5.91 Å². The van der Waals surface area contributed by atoms with Crippen LogP contribution in [0.5, 0.6) is 11.5 Å². The molecule has 3 N–H and O–H groups in total. The molecule has 2 aromatic carbocycles. The number of furan rings is 1. The molecular weight excluding hydrogens is 640 g/mol. The highest BCUT2D eigenvalue weighted by atomic mass is 127. The number of unbranched alkanes of at least 4 members (excludes halogenated alkanes) is 1. The normalized spacial score (nSPS) is 11.0. The second-order valence-electron chi connectivity index (χ2n) is 7.22. The Bertz CT molecular complexity index is 1180. The maximum atomic E-state index is 13.4. The molecule has 3 rings (SSSR count). The summed E-state index contributed by atoms with van der Waals surface area (Å²) in [4.78, 5) is 36.7. The second-order valence-corrected chi connectivity index (χ2v) is 9.54. The predicted molar refractivity (Wildman–Crippen MR) is 136 cm³/mol. The van der Waals surface area contributed by atoms with Crippen molar-refractivity contribution in [3.63, 3.8) is 0 Å². The molecule has 0 radical (unpaired) electrons. The van der Waals surface area contributed by atoms with Crippen molar-refractivity contribution >= 4 is 73.8 Å². The number of ether oxygens (including phenoxy) is 1. The van der Waals surface area contributed by atoms with Gasteiger partial charge in [-0.1, -0.05) is 13.3 Å². The average Bonchev–Trinajstić information content (AvgIpc) is 3.11. The molecule has 168 valence electrons. The number of carbonyl (C=O) groups excluding carboxylic acids is 3. The van der Waals surface area contributed by atoms with E-state index in [4.69, 9.17) is 14.9 Å². The van der Waals surface area contributed by atoms with Gasteiger partial charge in [-0.15, -0.1) is 0 Å². The van der Waals surface area contributed by atoms with Crippen molar-refractivity contribution in [2.24, 2.45) is 5.73 Å². The molecule has 0 unspecified atom stereocenters. The van der Waals surface area contributed by atoms with Crippen LogP contribution in [0.1, 0.15) is 54.3 Å². The molecule has 0 atom stereocenters. The Morgan fingerprint density at radius 3 is 2.41 bits per heavy atom. The number of ketones is 1. The van der Waals surface area contributed by atoms with Gasteiger partial charge in [0.2, 0.25) is 5.91 Å². The van der Waals surface area contributed by atoms with Crippen molar-refractivity contribution < 1.29 is 28.6 Å². The quantitative estimate of drug-likeness (QED) is 0.143. The molecule has 32 heavy (non-hydrogen) atoms. The zero-order valence-corrected chi connectivity index (χ0v) is 21.6. The molecule has 1 amide bonds. The highest BCUT2D eigenvalue weighted by Gasteiger charge is 2.24. The van der Waals surface area contributed by atoms with Crippen LogP contribution in [0.25, 0.3) is 11.0 Å². The van der Waals surface area contributed by atoms with Crippen molar-refractivity contribution in [2.75, 3.05) is 0 Å². The lowest BCUT2D eigenvalue weighted by Crippen LogP contribution is -2.12. The first-order valence-corrected chi connectivity index (χ1v) is 12.1. The number of esters is 1. The third kappa shape index (κ3) is 5.61. The van der Waals surface area contributed by atoms with Crippen LogP contribution in [0, 0.1) is 7.14 Å². The van der Waals surface area contributed by atoms with Gasteiger partial charge < -0.3 is 20.0 Å². The summed E-state index contributed by atoms with van der Waals surface area (Å²) in [6.07, 6.45) is 2.11. The number of hydrogen-bond acceptors (Lipinski definition) is 6. The minimum absolute atomic E-state index is 0.0175. The predicted octanol–water partition coefficient (Wildman–Crippen LogP) is 5.09. The van der Waals surface area contributed by atoms with E-state index in [-0.39, 0.29) is 30.3 Å². The third-order valence-electron chi connectivity index (χ3n) is 4.81. The summed E-state index contributed by atoms with van der Waals surface area (Å²) in [7, 11) is 0. The van der Waals surface area contributed by atoms with Gasteiger partial charge in [0.1, 0.15) is 22.8 Å². The maximum Gasteiger partial charge on any atom is 0.311 e. The number of carbonyl (C=O) groups is 3. The van der Waals surface area contributed by atoms with Crippen molar-refractivity contribution in [2.45, 2.75) is 39.0 Å². The largest absolute Gasteiger partial charge is 0.506 e. The second kappa shape index (κ2) is 10.6. The molecule has 0 aliphatic rings. The van der Waals surface area contributed by atoms with Gasteiger partial charge in [-0.25, -0.2) is 0 Å². The Morgan fingerprint density at radius 1 is 1.09 bits per heavy atom. The number of primary amides is 1. The standard InChI is InChI=1S/C23H21I2NO6/c1-2-3-4-20(28)31-13-5-6-14-18(11-13)32-17(7-8-19(26)27)21(14)22(29)12-9-15(24)23(30)16(25)10-12/h5-6,9-11,30H,2-4,7-8H2,1H3,(H2,26,27). The molecule has 0 fully saturated rings. The van der Waals surface area contributed by atoms with Crippen molar-refractivity contribution in [3.8, 4) is 11.5 Å². The number of nitrogens with two attached hydrogens (primary N) is 1. The van der Waals surface area contributed by atoms with Gasteiger partial charge in [0, 0.05) is 36.3 Å². The molecule has 0 aliphatic carbocycles. The number of phenols is 1. The van der Waals surface area contributed by atoms with E-state index in [1.54, 1.807) is 30.3 Å². The fraction of sp³-hybridized carbons (Fsp3) is 0.261. The van der Waals surface area contributed by atoms with Gasteiger partial charge in [-0.05, 0) is 75.9 Å². The van der Waals surface area contributed by atoms with Crippen LogP contribution in [-0.2, 0) is 16.0 Å². The molecule has 9 heteroatoms. The topological polar surface area (TPSA) is 120 Å². The first kappa shape index (κ1) is 24.5. The number of benzene rings is 2. The SMILES string of the molecule is CCCCC(=O)Oc1ccc2c(C(=O)c3cc(I)c(O)c(I)c3)c(CCC(N)=O)oc2c1. The molecule has 1 heterocycles. The van der Waals surface area contributed by atoms with Gasteiger partial charge >= 0.3 is 5.97 Å². The summed E-state index contributed by atoms with van der Waals surface area (Å²) in [5.74, 6) is -0.382.